The predicted octanol–water partition coefficient (Wildman–Crippen LogP) is 4.34. The fourth-order valence-electron chi connectivity index (χ4n) is 4.83. The number of methoxy groups -OCH3 is 1. The summed E-state index contributed by atoms with van der Waals surface area (Å²) in [4.78, 5) is 26.8. The number of hydrogen-bond acceptors (Lipinski definition) is 8. The van der Waals surface area contributed by atoms with Crippen molar-refractivity contribution in [1.29, 1.82) is 0 Å². The minimum absolute atomic E-state index is 0.0920. The van der Waals surface area contributed by atoms with Gasteiger partial charge in [-0.1, -0.05) is 60.7 Å². The summed E-state index contributed by atoms with van der Waals surface area (Å²) in [5.74, 6) is 0.688. The van der Waals surface area contributed by atoms with Crippen LogP contribution in [0.5, 0.6) is 11.5 Å². The Labute approximate surface area is 227 Å². The average Bonchev–Trinajstić information content (AvgIpc) is 3.27. The molecular formula is C30H31NO8. The summed E-state index contributed by atoms with van der Waals surface area (Å²) < 4.78 is 35.4. The van der Waals surface area contributed by atoms with E-state index in [0.29, 0.717) is 18.1 Å². The van der Waals surface area contributed by atoms with E-state index in [1.165, 1.54) is 6.92 Å². The molecule has 0 spiro atoms. The molecular weight excluding hydrogens is 502 g/mol. The lowest BCUT2D eigenvalue weighted by atomic mass is 9.96. The van der Waals surface area contributed by atoms with Crippen molar-refractivity contribution in [3.63, 3.8) is 0 Å². The second-order valence-corrected chi connectivity index (χ2v) is 9.36. The molecule has 3 aromatic rings. The molecule has 9 nitrogen and oxygen atoms in total. The number of ether oxygens (including phenoxy) is 6. The molecule has 0 unspecified atom stereocenters. The van der Waals surface area contributed by atoms with E-state index in [1.54, 1.807) is 36.3 Å². The molecule has 2 saturated heterocycles. The van der Waals surface area contributed by atoms with Gasteiger partial charge < -0.3 is 28.4 Å². The lowest BCUT2D eigenvalue weighted by molar-refractivity contribution is -0.250. The lowest BCUT2D eigenvalue weighted by Gasteiger charge is -2.43. The van der Waals surface area contributed by atoms with Gasteiger partial charge in [-0.25, -0.2) is 4.79 Å². The molecule has 3 aromatic carbocycles. The Hall–Kier alpha value is -4.08. The largest absolute Gasteiger partial charge is 0.497 e. The van der Waals surface area contributed by atoms with Gasteiger partial charge in [0.2, 0.25) is 6.29 Å². The Morgan fingerprint density at radius 1 is 0.897 bits per heavy atom. The zero-order chi connectivity index (χ0) is 27.2. The van der Waals surface area contributed by atoms with Crippen LogP contribution in [0.25, 0.3) is 0 Å². The Morgan fingerprint density at radius 3 is 2.18 bits per heavy atom. The summed E-state index contributed by atoms with van der Waals surface area (Å²) in [6.07, 6.45) is -3.91. The number of amides is 1. The average molecular weight is 534 g/mol. The van der Waals surface area contributed by atoms with Crippen molar-refractivity contribution in [3.8, 4) is 11.5 Å². The number of carbonyl (C=O) groups excluding carboxylic acids is 2. The summed E-state index contributed by atoms with van der Waals surface area (Å²) in [5.41, 5.74) is 1.90. The van der Waals surface area contributed by atoms with Gasteiger partial charge in [0.05, 0.1) is 20.3 Å². The maximum Gasteiger partial charge on any atom is 0.411 e. The third-order valence-electron chi connectivity index (χ3n) is 6.65. The quantitative estimate of drug-likeness (QED) is 0.356. The van der Waals surface area contributed by atoms with Crippen LogP contribution in [0.2, 0.25) is 0 Å². The zero-order valence-corrected chi connectivity index (χ0v) is 21.8. The summed E-state index contributed by atoms with van der Waals surface area (Å²) in [6.45, 7) is 2.02. The number of hydrogen-bond donors (Lipinski definition) is 0. The fourth-order valence-corrected chi connectivity index (χ4v) is 4.83. The van der Waals surface area contributed by atoms with Gasteiger partial charge >= 0.3 is 12.1 Å². The van der Waals surface area contributed by atoms with Crippen LogP contribution < -0.4 is 9.47 Å². The number of fused-ring (bicyclic) bond motifs is 1. The van der Waals surface area contributed by atoms with Crippen molar-refractivity contribution in [3.05, 3.63) is 96.1 Å². The Balaban J connectivity index is 1.42. The first-order valence-corrected chi connectivity index (χ1v) is 12.8. The van der Waals surface area contributed by atoms with Gasteiger partial charge in [-0.05, 0) is 35.4 Å². The van der Waals surface area contributed by atoms with E-state index in [0.717, 1.165) is 11.1 Å². The van der Waals surface area contributed by atoms with Gasteiger partial charge in [0, 0.05) is 13.5 Å². The topological polar surface area (TPSA) is 92.8 Å². The Kier molecular flexibility index (Phi) is 8.29. The highest BCUT2D eigenvalue weighted by Gasteiger charge is 2.58. The monoisotopic (exact) mass is 533 g/mol. The van der Waals surface area contributed by atoms with Gasteiger partial charge in [-0.15, -0.1) is 0 Å². The molecule has 2 fully saturated rings. The van der Waals surface area contributed by atoms with Crippen molar-refractivity contribution in [2.45, 2.75) is 50.7 Å². The molecule has 5 atom stereocenters. The smallest absolute Gasteiger partial charge is 0.411 e. The SMILES string of the molecule is COc1ccc(O[C@@H]2O[C@H](COCc3ccccc3)[C@@H](OC(C)=O)[C@@H]3OC(=O)N(Cc4ccccc4)[C@@H]23)cc1. The van der Waals surface area contributed by atoms with Crippen molar-refractivity contribution >= 4 is 12.1 Å². The van der Waals surface area contributed by atoms with E-state index in [9.17, 15) is 9.59 Å². The summed E-state index contributed by atoms with van der Waals surface area (Å²) in [5, 5.41) is 0. The van der Waals surface area contributed by atoms with Crippen LogP contribution in [0.3, 0.4) is 0 Å². The first-order valence-electron chi connectivity index (χ1n) is 12.8. The molecule has 204 valence electrons. The van der Waals surface area contributed by atoms with Crippen LogP contribution in [-0.2, 0) is 36.9 Å². The summed E-state index contributed by atoms with van der Waals surface area (Å²) >= 11 is 0. The van der Waals surface area contributed by atoms with Crippen molar-refractivity contribution in [2.24, 2.45) is 0 Å². The first-order chi connectivity index (χ1) is 19.0. The first kappa shape index (κ1) is 26.5. The standard InChI is InChI=1S/C30H31NO8/c1-20(32)36-27-25(19-35-18-22-11-7-4-8-12-22)38-29(37-24-15-13-23(34-2)14-16-24)26-28(27)39-30(33)31(26)17-21-9-5-3-6-10-21/h3-16,25-29H,17-19H2,1-2H3/t25-,26-,27-,28-,29-/m1/s1. The minimum Gasteiger partial charge on any atom is -0.497 e. The van der Waals surface area contributed by atoms with Crippen molar-refractivity contribution < 1.29 is 38.0 Å². The molecule has 0 N–H and O–H groups in total. The third kappa shape index (κ3) is 6.32. The summed E-state index contributed by atoms with van der Waals surface area (Å²) in [7, 11) is 1.59. The molecule has 0 aliphatic carbocycles. The molecule has 0 bridgehead atoms. The molecule has 9 heteroatoms. The molecule has 2 aliphatic rings. The van der Waals surface area contributed by atoms with E-state index in [1.807, 2.05) is 60.7 Å². The number of carbonyl (C=O) groups is 2. The maximum absolute atomic E-state index is 13.2. The van der Waals surface area contributed by atoms with Crippen LogP contribution in [0.4, 0.5) is 4.79 Å². The van der Waals surface area contributed by atoms with Crippen LogP contribution in [0.15, 0.2) is 84.9 Å². The highest BCUT2D eigenvalue weighted by Crippen LogP contribution is 2.37. The molecule has 0 aromatic heterocycles. The van der Waals surface area contributed by atoms with E-state index in [4.69, 9.17) is 28.4 Å². The number of nitrogens with zero attached hydrogens (tertiary/aromatic N) is 1. The van der Waals surface area contributed by atoms with Gasteiger partial charge in [0.15, 0.2) is 12.2 Å². The molecule has 39 heavy (non-hydrogen) atoms. The van der Waals surface area contributed by atoms with Gasteiger partial charge in [-0.3, -0.25) is 9.69 Å². The zero-order valence-electron chi connectivity index (χ0n) is 21.8. The normalized spacial score (nSPS) is 24.0. The predicted molar refractivity (Wildman–Crippen MR) is 140 cm³/mol. The lowest BCUT2D eigenvalue weighted by Crippen LogP contribution is -2.63. The highest BCUT2D eigenvalue weighted by molar-refractivity contribution is 5.71. The molecule has 0 radical (unpaired) electrons. The molecule has 5 rings (SSSR count). The van der Waals surface area contributed by atoms with Gasteiger partial charge in [0.1, 0.15) is 23.6 Å². The van der Waals surface area contributed by atoms with Crippen molar-refractivity contribution in [1.82, 2.24) is 4.90 Å². The maximum atomic E-state index is 13.2. The number of esters is 1. The van der Waals surface area contributed by atoms with E-state index >= 15 is 0 Å². The third-order valence-corrected chi connectivity index (χ3v) is 6.65. The van der Waals surface area contributed by atoms with Crippen LogP contribution >= 0.6 is 0 Å². The Bertz CT molecular complexity index is 1240. The second-order valence-electron chi connectivity index (χ2n) is 9.36. The van der Waals surface area contributed by atoms with Crippen LogP contribution in [0, 0.1) is 0 Å². The minimum atomic E-state index is -0.921. The molecule has 2 aliphatic heterocycles. The van der Waals surface area contributed by atoms with E-state index < -0.39 is 42.7 Å². The molecule has 0 saturated carbocycles. The molecule has 1 amide bonds. The van der Waals surface area contributed by atoms with E-state index in [-0.39, 0.29) is 13.2 Å². The van der Waals surface area contributed by atoms with E-state index in [2.05, 4.69) is 0 Å². The second kappa shape index (κ2) is 12.2. The summed E-state index contributed by atoms with van der Waals surface area (Å²) in [6, 6.07) is 25.6. The van der Waals surface area contributed by atoms with Gasteiger partial charge in [-0.2, -0.15) is 0 Å². The highest BCUT2D eigenvalue weighted by atomic mass is 16.7. The van der Waals surface area contributed by atoms with Crippen LogP contribution in [-0.4, -0.2) is 61.3 Å². The molecule has 2 heterocycles. The Morgan fingerprint density at radius 2 is 1.54 bits per heavy atom. The fraction of sp³-hybridized carbons (Fsp3) is 0.333. The number of rotatable bonds is 10. The van der Waals surface area contributed by atoms with Crippen LogP contribution in [0.1, 0.15) is 18.1 Å². The van der Waals surface area contributed by atoms with Gasteiger partial charge in [0.25, 0.3) is 0 Å². The van der Waals surface area contributed by atoms with Crippen molar-refractivity contribution in [2.75, 3.05) is 13.7 Å². The number of benzene rings is 3.